The second-order valence-electron chi connectivity index (χ2n) is 6.61. The number of benzene rings is 1. The normalized spacial score (nSPS) is 18.5. The standard InChI is InChI=1S/C17H25N3O4S/c1-12(2)19(11-16(18)21)17(22)15-5-4-10-20(15)25(23,24)14-8-6-13(3)7-9-14/h6-9,12,15H,4-5,10-11H2,1-3H3,(H2,18,21). The smallest absolute Gasteiger partial charge is 0.243 e. The number of sulfonamides is 1. The summed E-state index contributed by atoms with van der Waals surface area (Å²) in [7, 11) is -3.77. The predicted octanol–water partition coefficient (Wildman–Crippen LogP) is 0.870. The second kappa shape index (κ2) is 7.53. The lowest BCUT2D eigenvalue weighted by Gasteiger charge is -2.31. The molecule has 0 radical (unpaired) electrons. The van der Waals surface area contributed by atoms with Crippen LogP contribution in [0.3, 0.4) is 0 Å². The molecule has 1 atom stereocenters. The number of hydrogen-bond acceptors (Lipinski definition) is 4. The van der Waals surface area contributed by atoms with Gasteiger partial charge in [0.05, 0.1) is 11.4 Å². The fraction of sp³-hybridized carbons (Fsp3) is 0.529. The number of carbonyl (C=O) groups is 2. The molecule has 0 spiro atoms. The summed E-state index contributed by atoms with van der Waals surface area (Å²) in [5.41, 5.74) is 6.19. The van der Waals surface area contributed by atoms with E-state index in [1.807, 2.05) is 6.92 Å². The lowest BCUT2D eigenvalue weighted by molar-refractivity contribution is -0.139. The number of aryl methyl sites for hydroxylation is 1. The zero-order valence-electron chi connectivity index (χ0n) is 14.8. The van der Waals surface area contributed by atoms with Crippen molar-refractivity contribution < 1.29 is 18.0 Å². The van der Waals surface area contributed by atoms with Crippen LogP contribution in [0.2, 0.25) is 0 Å². The predicted molar refractivity (Wildman–Crippen MR) is 94.1 cm³/mol. The number of hydrogen-bond donors (Lipinski definition) is 1. The monoisotopic (exact) mass is 367 g/mol. The Kier molecular flexibility index (Phi) is 5.84. The van der Waals surface area contributed by atoms with Gasteiger partial charge in [0.1, 0.15) is 6.04 Å². The summed E-state index contributed by atoms with van der Waals surface area (Å²) < 4.78 is 27.1. The summed E-state index contributed by atoms with van der Waals surface area (Å²) in [5, 5.41) is 0. The molecule has 0 bridgehead atoms. The highest BCUT2D eigenvalue weighted by Crippen LogP contribution is 2.28. The van der Waals surface area contributed by atoms with E-state index in [0.29, 0.717) is 12.8 Å². The average Bonchev–Trinajstić information content (AvgIpc) is 3.02. The Balaban J connectivity index is 2.30. The summed E-state index contributed by atoms with van der Waals surface area (Å²) in [4.78, 5) is 25.7. The molecular formula is C17H25N3O4S. The van der Waals surface area contributed by atoms with Crippen LogP contribution in [-0.4, -0.2) is 54.6 Å². The van der Waals surface area contributed by atoms with E-state index < -0.39 is 22.0 Å². The molecule has 0 saturated carbocycles. The van der Waals surface area contributed by atoms with Crippen LogP contribution >= 0.6 is 0 Å². The molecule has 7 nitrogen and oxygen atoms in total. The highest BCUT2D eigenvalue weighted by atomic mass is 32.2. The van der Waals surface area contributed by atoms with E-state index in [9.17, 15) is 18.0 Å². The molecule has 25 heavy (non-hydrogen) atoms. The van der Waals surface area contributed by atoms with Crippen molar-refractivity contribution >= 4 is 21.8 Å². The van der Waals surface area contributed by atoms with E-state index >= 15 is 0 Å². The summed E-state index contributed by atoms with van der Waals surface area (Å²) in [5.74, 6) is -0.991. The molecule has 138 valence electrons. The van der Waals surface area contributed by atoms with Gasteiger partial charge in [-0.15, -0.1) is 0 Å². The third kappa shape index (κ3) is 4.19. The van der Waals surface area contributed by atoms with Crippen molar-refractivity contribution in [1.82, 2.24) is 9.21 Å². The molecule has 1 heterocycles. The van der Waals surface area contributed by atoms with E-state index in [0.717, 1.165) is 5.56 Å². The van der Waals surface area contributed by atoms with Gasteiger partial charge in [0, 0.05) is 12.6 Å². The molecule has 1 aromatic rings. The first-order chi connectivity index (χ1) is 11.6. The van der Waals surface area contributed by atoms with Crippen molar-refractivity contribution in [2.24, 2.45) is 5.73 Å². The number of amides is 2. The Hall–Kier alpha value is -1.93. The average molecular weight is 367 g/mol. The highest BCUT2D eigenvalue weighted by molar-refractivity contribution is 7.89. The molecule has 0 aromatic heterocycles. The molecular weight excluding hydrogens is 342 g/mol. The van der Waals surface area contributed by atoms with Gasteiger partial charge in [-0.2, -0.15) is 4.31 Å². The third-order valence-electron chi connectivity index (χ3n) is 4.35. The molecule has 8 heteroatoms. The van der Waals surface area contributed by atoms with Gasteiger partial charge in [0.25, 0.3) is 0 Å². The van der Waals surface area contributed by atoms with Crippen LogP contribution in [0.4, 0.5) is 0 Å². The summed E-state index contributed by atoms with van der Waals surface area (Å²) in [6, 6.07) is 5.51. The summed E-state index contributed by atoms with van der Waals surface area (Å²) in [6.45, 7) is 5.49. The van der Waals surface area contributed by atoms with Crippen molar-refractivity contribution in [2.75, 3.05) is 13.1 Å². The van der Waals surface area contributed by atoms with Crippen molar-refractivity contribution in [3.8, 4) is 0 Å². The Bertz CT molecular complexity index is 744. The van der Waals surface area contributed by atoms with E-state index in [2.05, 4.69) is 0 Å². The fourth-order valence-corrected chi connectivity index (χ4v) is 4.65. The van der Waals surface area contributed by atoms with Crippen LogP contribution in [0.25, 0.3) is 0 Å². The molecule has 2 rings (SSSR count). The van der Waals surface area contributed by atoms with Gasteiger partial charge >= 0.3 is 0 Å². The van der Waals surface area contributed by atoms with Crippen LogP contribution in [0.1, 0.15) is 32.3 Å². The van der Waals surface area contributed by atoms with Crippen LogP contribution < -0.4 is 5.73 Å². The minimum Gasteiger partial charge on any atom is -0.368 e. The van der Waals surface area contributed by atoms with E-state index in [1.54, 1.807) is 38.1 Å². The van der Waals surface area contributed by atoms with Crippen molar-refractivity contribution in [1.29, 1.82) is 0 Å². The first kappa shape index (κ1) is 19.4. The number of nitrogens with two attached hydrogens (primary N) is 1. The van der Waals surface area contributed by atoms with Gasteiger partial charge < -0.3 is 10.6 Å². The zero-order chi connectivity index (χ0) is 18.8. The van der Waals surface area contributed by atoms with Crippen LogP contribution in [0.15, 0.2) is 29.2 Å². The number of nitrogens with zero attached hydrogens (tertiary/aromatic N) is 2. The van der Waals surface area contributed by atoms with Gasteiger partial charge in [0.2, 0.25) is 21.8 Å². The molecule has 1 fully saturated rings. The maximum Gasteiger partial charge on any atom is 0.243 e. The largest absolute Gasteiger partial charge is 0.368 e. The Labute approximate surface area is 148 Å². The second-order valence-corrected chi connectivity index (χ2v) is 8.50. The highest BCUT2D eigenvalue weighted by Gasteiger charge is 2.41. The SMILES string of the molecule is Cc1ccc(S(=O)(=O)N2CCCC2C(=O)N(CC(N)=O)C(C)C)cc1. The van der Waals surface area contributed by atoms with Gasteiger partial charge in [-0.1, -0.05) is 17.7 Å². The zero-order valence-corrected chi connectivity index (χ0v) is 15.6. The maximum atomic E-state index is 12.9. The Morgan fingerprint density at radius 2 is 1.88 bits per heavy atom. The van der Waals surface area contributed by atoms with Gasteiger partial charge in [0.15, 0.2) is 0 Å². The molecule has 2 N–H and O–H groups in total. The van der Waals surface area contributed by atoms with Crippen molar-refractivity contribution in [2.45, 2.75) is 50.6 Å². The summed E-state index contributed by atoms with van der Waals surface area (Å²) >= 11 is 0. The summed E-state index contributed by atoms with van der Waals surface area (Å²) in [6.07, 6.45) is 1.04. The fourth-order valence-electron chi connectivity index (χ4n) is 2.99. The topological polar surface area (TPSA) is 101 Å². The molecule has 2 amide bonds. The van der Waals surface area contributed by atoms with Crippen LogP contribution in [-0.2, 0) is 19.6 Å². The first-order valence-corrected chi connectivity index (χ1v) is 9.76. The van der Waals surface area contributed by atoms with E-state index in [1.165, 1.54) is 9.21 Å². The number of rotatable bonds is 6. The Morgan fingerprint density at radius 3 is 2.40 bits per heavy atom. The quantitative estimate of drug-likeness (QED) is 0.806. The number of primary amides is 1. The van der Waals surface area contributed by atoms with Gasteiger partial charge in [-0.3, -0.25) is 9.59 Å². The minimum atomic E-state index is -3.77. The molecule has 0 aliphatic carbocycles. The molecule has 1 aromatic carbocycles. The van der Waals surface area contributed by atoms with Crippen LogP contribution in [0, 0.1) is 6.92 Å². The molecule has 1 unspecified atom stereocenters. The van der Waals surface area contributed by atoms with Crippen molar-refractivity contribution in [3.05, 3.63) is 29.8 Å². The van der Waals surface area contributed by atoms with Crippen molar-refractivity contribution in [3.63, 3.8) is 0 Å². The van der Waals surface area contributed by atoms with E-state index in [-0.39, 0.29) is 29.9 Å². The lowest BCUT2D eigenvalue weighted by Crippen LogP contribution is -2.52. The molecule has 1 aliphatic rings. The first-order valence-electron chi connectivity index (χ1n) is 8.32. The maximum absolute atomic E-state index is 12.9. The van der Waals surface area contributed by atoms with E-state index in [4.69, 9.17) is 5.73 Å². The minimum absolute atomic E-state index is 0.170. The lowest BCUT2D eigenvalue weighted by atomic mass is 10.1. The number of carbonyl (C=O) groups excluding carboxylic acids is 2. The third-order valence-corrected chi connectivity index (χ3v) is 6.27. The molecule has 1 saturated heterocycles. The molecule has 1 aliphatic heterocycles. The van der Waals surface area contributed by atoms with Gasteiger partial charge in [-0.25, -0.2) is 8.42 Å². The Morgan fingerprint density at radius 1 is 1.28 bits per heavy atom. The van der Waals surface area contributed by atoms with Crippen LogP contribution in [0.5, 0.6) is 0 Å². The van der Waals surface area contributed by atoms with Gasteiger partial charge in [-0.05, 0) is 45.7 Å².